The molecule has 2 rings (SSSR count). The van der Waals surface area contributed by atoms with Crippen molar-refractivity contribution in [3.63, 3.8) is 0 Å². The van der Waals surface area contributed by atoms with Gasteiger partial charge in [-0.2, -0.15) is 0 Å². The third-order valence-corrected chi connectivity index (χ3v) is 4.13. The minimum Gasteiger partial charge on any atom is -0.384 e. The number of para-hydroxylation sites is 1. The number of hydrogen-bond donors (Lipinski definition) is 2. The van der Waals surface area contributed by atoms with E-state index in [0.29, 0.717) is 6.54 Å². The van der Waals surface area contributed by atoms with Gasteiger partial charge in [-0.05, 0) is 31.4 Å². The Labute approximate surface area is 109 Å². The van der Waals surface area contributed by atoms with Crippen LogP contribution >= 0.6 is 0 Å². The Balaban J connectivity index is 2.12. The van der Waals surface area contributed by atoms with E-state index in [9.17, 15) is 4.79 Å². The smallest absolute Gasteiger partial charge is 0.229 e. The number of rotatable bonds is 4. The number of benzene rings is 1. The summed E-state index contributed by atoms with van der Waals surface area (Å²) in [4.78, 5) is 12.4. The number of anilines is 1. The summed E-state index contributed by atoms with van der Waals surface area (Å²) < 4.78 is 0. The summed E-state index contributed by atoms with van der Waals surface area (Å²) in [6, 6.07) is 8.05. The van der Waals surface area contributed by atoms with Gasteiger partial charge in [0.15, 0.2) is 0 Å². The molecule has 1 unspecified atom stereocenters. The average Bonchev–Trinajstić information content (AvgIpc) is 2.82. The maximum absolute atomic E-state index is 12.4. The molecule has 1 aliphatic rings. The Kier molecular flexibility index (Phi) is 3.60. The molecule has 3 nitrogen and oxygen atoms in total. The second-order valence-corrected chi connectivity index (χ2v) is 5.28. The molecule has 1 aliphatic heterocycles. The molecule has 0 spiro atoms. The van der Waals surface area contributed by atoms with Crippen molar-refractivity contribution in [1.82, 2.24) is 5.32 Å². The topological polar surface area (TPSA) is 41.1 Å². The van der Waals surface area contributed by atoms with Gasteiger partial charge in [-0.3, -0.25) is 4.79 Å². The fraction of sp³-hybridized carbons (Fsp3) is 0.533. The quantitative estimate of drug-likeness (QED) is 0.857. The third-order valence-electron chi connectivity index (χ3n) is 4.13. The van der Waals surface area contributed by atoms with Gasteiger partial charge in [0, 0.05) is 17.8 Å². The van der Waals surface area contributed by atoms with Crippen LogP contribution in [0, 0.1) is 0 Å². The average molecular weight is 246 g/mol. The van der Waals surface area contributed by atoms with Crippen LogP contribution in [0.15, 0.2) is 24.3 Å². The molecule has 0 saturated carbocycles. The van der Waals surface area contributed by atoms with Gasteiger partial charge in [0.25, 0.3) is 0 Å². The Morgan fingerprint density at radius 3 is 2.72 bits per heavy atom. The Hall–Kier alpha value is -1.51. The summed E-state index contributed by atoms with van der Waals surface area (Å²) in [6.07, 6.45) is 1.91. The zero-order valence-electron chi connectivity index (χ0n) is 11.4. The second-order valence-electron chi connectivity index (χ2n) is 5.28. The third kappa shape index (κ3) is 2.35. The van der Waals surface area contributed by atoms with E-state index in [4.69, 9.17) is 0 Å². The number of carbonyl (C=O) groups excluding carboxylic acids is 1. The summed E-state index contributed by atoms with van der Waals surface area (Å²) >= 11 is 0. The lowest BCUT2D eigenvalue weighted by Crippen LogP contribution is -2.47. The molecule has 3 heteroatoms. The first-order chi connectivity index (χ1) is 8.59. The molecule has 0 aliphatic carbocycles. The van der Waals surface area contributed by atoms with Gasteiger partial charge in [-0.1, -0.05) is 32.0 Å². The number of nitrogens with one attached hydrogen (secondary N) is 2. The highest BCUT2D eigenvalue weighted by Gasteiger charge is 2.31. The van der Waals surface area contributed by atoms with Crippen LogP contribution in [0.1, 0.15) is 45.1 Å². The minimum atomic E-state index is -0.0887. The fourth-order valence-corrected chi connectivity index (χ4v) is 2.33. The molecule has 0 fully saturated rings. The van der Waals surface area contributed by atoms with Crippen LogP contribution in [-0.4, -0.2) is 18.0 Å². The Morgan fingerprint density at radius 1 is 1.39 bits per heavy atom. The first kappa shape index (κ1) is 12.9. The largest absolute Gasteiger partial charge is 0.384 e. The van der Waals surface area contributed by atoms with Gasteiger partial charge >= 0.3 is 0 Å². The van der Waals surface area contributed by atoms with Crippen molar-refractivity contribution >= 4 is 11.6 Å². The summed E-state index contributed by atoms with van der Waals surface area (Å²) in [5.74, 6) is 0.0808. The zero-order valence-corrected chi connectivity index (χ0v) is 11.4. The maximum Gasteiger partial charge on any atom is 0.229 e. The van der Waals surface area contributed by atoms with Crippen LogP contribution in [0.4, 0.5) is 5.69 Å². The molecule has 1 atom stereocenters. The van der Waals surface area contributed by atoms with Crippen molar-refractivity contribution in [3.8, 4) is 0 Å². The normalized spacial score (nSPS) is 18.1. The highest BCUT2D eigenvalue weighted by Crippen LogP contribution is 2.31. The molecule has 2 N–H and O–H groups in total. The highest BCUT2D eigenvalue weighted by molar-refractivity contribution is 5.88. The Bertz CT molecular complexity index is 438. The van der Waals surface area contributed by atoms with Crippen molar-refractivity contribution in [2.24, 2.45) is 0 Å². The highest BCUT2D eigenvalue weighted by atomic mass is 16.2. The molecular weight excluding hydrogens is 224 g/mol. The second kappa shape index (κ2) is 5.01. The number of hydrogen-bond acceptors (Lipinski definition) is 2. The number of fused-ring (bicyclic) bond motifs is 1. The molecule has 0 aromatic heterocycles. The van der Waals surface area contributed by atoms with Gasteiger partial charge in [0.1, 0.15) is 0 Å². The van der Waals surface area contributed by atoms with Crippen LogP contribution in [0.3, 0.4) is 0 Å². The molecule has 0 radical (unpaired) electrons. The lowest BCUT2D eigenvalue weighted by atomic mass is 9.93. The van der Waals surface area contributed by atoms with Crippen LogP contribution in [0.2, 0.25) is 0 Å². The molecule has 98 valence electrons. The first-order valence-electron chi connectivity index (χ1n) is 6.74. The molecule has 1 amide bonds. The van der Waals surface area contributed by atoms with E-state index >= 15 is 0 Å². The van der Waals surface area contributed by atoms with E-state index in [0.717, 1.165) is 24.1 Å². The first-order valence-corrected chi connectivity index (χ1v) is 6.74. The van der Waals surface area contributed by atoms with Gasteiger partial charge in [-0.25, -0.2) is 0 Å². The molecule has 0 bridgehead atoms. The molecular formula is C15H22N2O. The summed E-state index contributed by atoms with van der Waals surface area (Å²) in [5.41, 5.74) is 2.12. The van der Waals surface area contributed by atoms with Crippen LogP contribution in [0.5, 0.6) is 0 Å². The Morgan fingerprint density at radius 2 is 2.06 bits per heavy atom. The van der Waals surface area contributed by atoms with Gasteiger partial charge in [0.2, 0.25) is 5.91 Å². The monoisotopic (exact) mass is 246 g/mol. The lowest BCUT2D eigenvalue weighted by molar-refractivity contribution is -0.124. The maximum atomic E-state index is 12.4. The minimum absolute atomic E-state index is 0.0568. The van der Waals surface area contributed by atoms with Crippen LogP contribution in [0.25, 0.3) is 0 Å². The van der Waals surface area contributed by atoms with E-state index in [2.05, 4.69) is 31.4 Å². The van der Waals surface area contributed by atoms with Crippen molar-refractivity contribution in [2.45, 2.75) is 45.1 Å². The van der Waals surface area contributed by atoms with Gasteiger partial charge in [0.05, 0.1) is 5.92 Å². The fourth-order valence-electron chi connectivity index (χ4n) is 2.33. The van der Waals surface area contributed by atoms with E-state index in [-0.39, 0.29) is 17.4 Å². The van der Waals surface area contributed by atoms with E-state index in [1.807, 2.05) is 24.3 Å². The number of carbonyl (C=O) groups is 1. The van der Waals surface area contributed by atoms with E-state index in [1.54, 1.807) is 0 Å². The molecule has 1 aromatic carbocycles. The van der Waals surface area contributed by atoms with Crippen LogP contribution < -0.4 is 10.6 Å². The van der Waals surface area contributed by atoms with Crippen molar-refractivity contribution < 1.29 is 4.79 Å². The molecule has 0 saturated heterocycles. The van der Waals surface area contributed by atoms with E-state index < -0.39 is 0 Å². The van der Waals surface area contributed by atoms with Crippen LogP contribution in [-0.2, 0) is 4.79 Å². The predicted molar refractivity (Wildman–Crippen MR) is 74.8 cm³/mol. The summed E-state index contributed by atoms with van der Waals surface area (Å²) in [7, 11) is 0. The molecule has 18 heavy (non-hydrogen) atoms. The molecule has 1 aromatic rings. The zero-order chi connectivity index (χ0) is 13.2. The standard InChI is InChI=1S/C15H22N2O/c1-4-15(3,5-2)17-14(18)12-10-16-13-9-7-6-8-11(12)13/h6-9,12,16H,4-5,10H2,1-3H3,(H,17,18). The SMILES string of the molecule is CCC(C)(CC)NC(=O)C1CNc2ccccc21. The summed E-state index contributed by atoms with van der Waals surface area (Å²) in [5, 5.41) is 6.49. The van der Waals surface area contributed by atoms with Crippen molar-refractivity contribution in [1.29, 1.82) is 0 Å². The lowest BCUT2D eigenvalue weighted by Gasteiger charge is -2.29. The van der Waals surface area contributed by atoms with Crippen molar-refractivity contribution in [3.05, 3.63) is 29.8 Å². The van der Waals surface area contributed by atoms with Gasteiger partial charge in [-0.15, -0.1) is 0 Å². The number of amides is 1. The predicted octanol–water partition coefficient (Wildman–Crippen LogP) is 2.89. The van der Waals surface area contributed by atoms with Gasteiger partial charge < -0.3 is 10.6 Å². The van der Waals surface area contributed by atoms with Crippen molar-refractivity contribution in [2.75, 3.05) is 11.9 Å². The molecule has 1 heterocycles. The van der Waals surface area contributed by atoms with E-state index in [1.165, 1.54) is 0 Å². The summed E-state index contributed by atoms with van der Waals surface area (Å²) in [6.45, 7) is 7.04.